The first-order chi connectivity index (χ1) is 9.24. The van der Waals surface area contributed by atoms with Crippen LogP contribution in [0.5, 0.6) is 5.75 Å². The van der Waals surface area contributed by atoms with Crippen LogP contribution < -0.4 is 10.1 Å². The zero-order chi connectivity index (χ0) is 13.7. The summed E-state index contributed by atoms with van der Waals surface area (Å²) in [6.07, 6.45) is 5.09. The molecule has 1 heterocycles. The number of ether oxygens (including phenoxy) is 1. The summed E-state index contributed by atoms with van der Waals surface area (Å²) in [5, 5.41) is 4.22. The minimum atomic E-state index is 0.522. The third-order valence-electron chi connectivity index (χ3n) is 3.72. The second-order valence-electron chi connectivity index (χ2n) is 4.96. The smallest absolute Gasteiger partial charge is 0.122 e. The molecule has 0 amide bonds. The van der Waals surface area contributed by atoms with Crippen molar-refractivity contribution in [3.8, 4) is 5.75 Å². The van der Waals surface area contributed by atoms with E-state index in [0.717, 1.165) is 21.9 Å². The third-order valence-corrected chi connectivity index (χ3v) is 5.73. The van der Waals surface area contributed by atoms with Gasteiger partial charge in [0.15, 0.2) is 0 Å². The van der Waals surface area contributed by atoms with Crippen molar-refractivity contribution in [2.45, 2.75) is 37.0 Å². The fourth-order valence-electron chi connectivity index (χ4n) is 2.65. The van der Waals surface area contributed by atoms with E-state index in [1.807, 2.05) is 12.1 Å². The molecular weight excluding hydrogens is 322 g/mol. The molecule has 4 heteroatoms. The lowest BCUT2D eigenvalue weighted by molar-refractivity contribution is 0.404. The number of halogens is 1. The third kappa shape index (κ3) is 4.14. The van der Waals surface area contributed by atoms with Gasteiger partial charge in [0.25, 0.3) is 0 Å². The van der Waals surface area contributed by atoms with Crippen molar-refractivity contribution >= 4 is 27.7 Å². The largest absolute Gasteiger partial charge is 0.496 e. The van der Waals surface area contributed by atoms with E-state index in [0.29, 0.717) is 6.04 Å². The molecule has 2 unspecified atom stereocenters. The lowest BCUT2D eigenvalue weighted by Gasteiger charge is -2.30. The van der Waals surface area contributed by atoms with E-state index in [9.17, 15) is 0 Å². The molecule has 1 aliphatic rings. The Balaban J connectivity index is 2.10. The SMILES string of the molecule is CNC(Cc1cc(Br)ccc1OC)C1CCCCS1. The van der Waals surface area contributed by atoms with Gasteiger partial charge in [-0.2, -0.15) is 11.8 Å². The van der Waals surface area contributed by atoms with E-state index < -0.39 is 0 Å². The Labute approximate surface area is 128 Å². The van der Waals surface area contributed by atoms with Gasteiger partial charge in [0, 0.05) is 15.8 Å². The van der Waals surface area contributed by atoms with E-state index in [-0.39, 0.29) is 0 Å². The molecular formula is C15H22BrNOS. The Morgan fingerprint density at radius 2 is 2.32 bits per heavy atom. The van der Waals surface area contributed by atoms with Gasteiger partial charge >= 0.3 is 0 Å². The second kappa shape index (κ2) is 7.55. The van der Waals surface area contributed by atoms with Gasteiger partial charge in [-0.3, -0.25) is 0 Å². The van der Waals surface area contributed by atoms with Crippen LogP contribution in [0, 0.1) is 0 Å². The molecule has 1 fully saturated rings. The van der Waals surface area contributed by atoms with Crippen LogP contribution in [0.15, 0.2) is 22.7 Å². The molecule has 106 valence electrons. The van der Waals surface area contributed by atoms with Crippen molar-refractivity contribution in [3.63, 3.8) is 0 Å². The van der Waals surface area contributed by atoms with E-state index in [1.165, 1.54) is 30.6 Å². The maximum absolute atomic E-state index is 5.48. The number of methoxy groups -OCH3 is 1. The van der Waals surface area contributed by atoms with Crippen LogP contribution in [0.4, 0.5) is 0 Å². The fraction of sp³-hybridized carbons (Fsp3) is 0.600. The predicted octanol–water partition coefficient (Wildman–Crippen LogP) is 3.87. The molecule has 2 nitrogen and oxygen atoms in total. The zero-order valence-electron chi connectivity index (χ0n) is 11.6. The summed E-state index contributed by atoms with van der Waals surface area (Å²) >= 11 is 5.67. The highest BCUT2D eigenvalue weighted by Gasteiger charge is 2.24. The number of benzene rings is 1. The van der Waals surface area contributed by atoms with Crippen molar-refractivity contribution in [2.75, 3.05) is 19.9 Å². The molecule has 1 aromatic carbocycles. The summed E-state index contributed by atoms with van der Waals surface area (Å²) in [6, 6.07) is 6.77. The van der Waals surface area contributed by atoms with Crippen molar-refractivity contribution in [1.82, 2.24) is 5.32 Å². The summed E-state index contributed by atoms with van der Waals surface area (Å²) in [4.78, 5) is 0. The molecule has 0 radical (unpaired) electrons. The highest BCUT2D eigenvalue weighted by molar-refractivity contribution is 9.10. The maximum Gasteiger partial charge on any atom is 0.122 e. The number of likely N-dealkylation sites (N-methyl/N-ethyl adjacent to an activating group) is 1. The van der Waals surface area contributed by atoms with Gasteiger partial charge in [-0.1, -0.05) is 22.4 Å². The molecule has 1 N–H and O–H groups in total. The van der Waals surface area contributed by atoms with E-state index in [1.54, 1.807) is 7.11 Å². The Kier molecular flexibility index (Phi) is 6.05. The molecule has 2 atom stereocenters. The van der Waals surface area contributed by atoms with Crippen LogP contribution in [0.2, 0.25) is 0 Å². The normalized spacial score (nSPS) is 21.1. The standard InChI is InChI=1S/C15H22BrNOS/c1-17-13(15-5-3-4-8-19-15)10-11-9-12(16)6-7-14(11)18-2/h6-7,9,13,15,17H,3-5,8,10H2,1-2H3. The lowest BCUT2D eigenvalue weighted by Crippen LogP contribution is -2.39. The second-order valence-corrected chi connectivity index (χ2v) is 7.22. The Morgan fingerprint density at radius 1 is 1.47 bits per heavy atom. The van der Waals surface area contributed by atoms with E-state index >= 15 is 0 Å². The molecule has 0 bridgehead atoms. The average Bonchev–Trinajstić information content (AvgIpc) is 2.46. The monoisotopic (exact) mass is 343 g/mol. The summed E-state index contributed by atoms with van der Waals surface area (Å²) in [5.74, 6) is 2.29. The quantitative estimate of drug-likeness (QED) is 0.876. The molecule has 1 aliphatic heterocycles. The molecule has 0 aliphatic carbocycles. The molecule has 1 saturated heterocycles. The van der Waals surface area contributed by atoms with Crippen LogP contribution >= 0.6 is 27.7 Å². The Morgan fingerprint density at radius 3 is 2.95 bits per heavy atom. The maximum atomic E-state index is 5.48. The van der Waals surface area contributed by atoms with Crippen LogP contribution in [0.3, 0.4) is 0 Å². The molecule has 0 spiro atoms. The lowest BCUT2D eigenvalue weighted by atomic mass is 9.99. The topological polar surface area (TPSA) is 21.3 Å². The van der Waals surface area contributed by atoms with Gasteiger partial charge in [0.05, 0.1) is 7.11 Å². The minimum absolute atomic E-state index is 0.522. The number of hydrogen-bond acceptors (Lipinski definition) is 3. The molecule has 1 aromatic rings. The molecule has 19 heavy (non-hydrogen) atoms. The summed E-state index contributed by atoms with van der Waals surface area (Å²) in [5.41, 5.74) is 1.28. The zero-order valence-corrected chi connectivity index (χ0v) is 14.0. The van der Waals surface area contributed by atoms with E-state index in [4.69, 9.17) is 4.74 Å². The number of rotatable bonds is 5. The van der Waals surface area contributed by atoms with Gasteiger partial charge in [0.2, 0.25) is 0 Å². The van der Waals surface area contributed by atoms with Gasteiger partial charge in [0.1, 0.15) is 5.75 Å². The highest BCUT2D eigenvalue weighted by atomic mass is 79.9. The summed E-state index contributed by atoms with van der Waals surface area (Å²) in [7, 11) is 3.82. The van der Waals surface area contributed by atoms with Crippen molar-refractivity contribution in [1.29, 1.82) is 0 Å². The summed E-state index contributed by atoms with van der Waals surface area (Å²) < 4.78 is 6.60. The Bertz CT molecular complexity index is 407. The van der Waals surface area contributed by atoms with E-state index in [2.05, 4.69) is 46.1 Å². The van der Waals surface area contributed by atoms with Crippen molar-refractivity contribution in [3.05, 3.63) is 28.2 Å². The first-order valence-corrected chi connectivity index (χ1v) is 8.70. The highest BCUT2D eigenvalue weighted by Crippen LogP contribution is 2.31. The average molecular weight is 344 g/mol. The first kappa shape index (κ1) is 15.2. The van der Waals surface area contributed by atoms with Crippen molar-refractivity contribution in [2.24, 2.45) is 0 Å². The molecule has 0 aromatic heterocycles. The van der Waals surface area contributed by atoms with Crippen molar-refractivity contribution < 1.29 is 4.74 Å². The molecule has 0 saturated carbocycles. The van der Waals surface area contributed by atoms with Crippen LogP contribution in [0.25, 0.3) is 0 Å². The first-order valence-electron chi connectivity index (χ1n) is 6.86. The number of nitrogens with one attached hydrogen (secondary N) is 1. The summed E-state index contributed by atoms with van der Waals surface area (Å²) in [6.45, 7) is 0. The van der Waals surface area contributed by atoms with Gasteiger partial charge in [-0.15, -0.1) is 0 Å². The van der Waals surface area contributed by atoms with Gasteiger partial charge in [-0.05, 0) is 55.8 Å². The van der Waals surface area contributed by atoms with Gasteiger partial charge < -0.3 is 10.1 Å². The molecule has 2 rings (SSSR count). The predicted molar refractivity (Wildman–Crippen MR) is 87.3 cm³/mol. The number of thioether (sulfide) groups is 1. The fourth-order valence-corrected chi connectivity index (χ4v) is 4.53. The van der Waals surface area contributed by atoms with Crippen LogP contribution in [0.1, 0.15) is 24.8 Å². The van der Waals surface area contributed by atoms with Crippen LogP contribution in [-0.4, -0.2) is 31.2 Å². The van der Waals surface area contributed by atoms with Crippen LogP contribution in [-0.2, 0) is 6.42 Å². The van der Waals surface area contributed by atoms with Gasteiger partial charge in [-0.25, -0.2) is 0 Å². The minimum Gasteiger partial charge on any atom is -0.496 e. The Hall–Kier alpha value is -0.190. The number of hydrogen-bond donors (Lipinski definition) is 1.